The van der Waals surface area contributed by atoms with Crippen LogP contribution in [0.1, 0.15) is 39.0 Å². The molecule has 0 bridgehead atoms. The molecule has 7 nitrogen and oxygen atoms in total. The minimum absolute atomic E-state index is 0.112. The first-order chi connectivity index (χ1) is 12.7. The van der Waals surface area contributed by atoms with Gasteiger partial charge in [-0.15, -0.1) is 0 Å². The molecule has 1 aliphatic heterocycles. The first kappa shape index (κ1) is 17.7. The Kier molecular flexibility index (Phi) is 5.13. The number of thiazole rings is 1. The highest BCUT2D eigenvalue weighted by Crippen LogP contribution is 2.34. The molecule has 3 heterocycles. The fourth-order valence-electron chi connectivity index (χ4n) is 3.99. The number of hydrogen-bond donors (Lipinski definition) is 0. The second-order valence-corrected chi connectivity index (χ2v) is 8.50. The quantitative estimate of drug-likeness (QED) is 0.519. The number of aromatic nitrogens is 2. The van der Waals surface area contributed by atoms with Gasteiger partial charge in [0.15, 0.2) is 0 Å². The molecule has 142 valence electrons. The fourth-order valence-corrected chi connectivity index (χ4v) is 4.69. The maximum Gasteiger partial charge on any atom is 0.373 e. The Morgan fingerprint density at radius 2 is 2.08 bits per heavy atom. The maximum atomic E-state index is 11.5. The van der Waals surface area contributed by atoms with Gasteiger partial charge in [0.1, 0.15) is 6.20 Å². The van der Waals surface area contributed by atoms with E-state index in [1.165, 1.54) is 43.7 Å². The molecule has 2 aromatic rings. The van der Waals surface area contributed by atoms with E-state index in [4.69, 9.17) is 0 Å². The summed E-state index contributed by atoms with van der Waals surface area (Å²) in [6, 6.07) is 0. The molecule has 1 saturated heterocycles. The molecular weight excluding hydrogens is 350 g/mol. The third kappa shape index (κ3) is 3.71. The van der Waals surface area contributed by atoms with Crippen LogP contribution >= 0.6 is 11.3 Å². The number of nitrogens with zero attached hydrogens (tertiary/aromatic N) is 5. The minimum Gasteiger partial charge on any atom is -0.358 e. The second kappa shape index (κ2) is 7.52. The van der Waals surface area contributed by atoms with Crippen LogP contribution in [0.3, 0.4) is 0 Å². The minimum atomic E-state index is -0.300. The van der Waals surface area contributed by atoms with Crippen LogP contribution in [0.25, 0.3) is 4.96 Å². The van der Waals surface area contributed by atoms with Crippen molar-refractivity contribution in [3.8, 4) is 0 Å². The Balaban J connectivity index is 1.34. The van der Waals surface area contributed by atoms with Gasteiger partial charge < -0.3 is 19.9 Å². The monoisotopic (exact) mass is 377 g/mol. The van der Waals surface area contributed by atoms with E-state index < -0.39 is 0 Å². The van der Waals surface area contributed by atoms with Crippen molar-refractivity contribution in [3.05, 3.63) is 21.7 Å². The summed E-state index contributed by atoms with van der Waals surface area (Å²) in [5, 5.41) is 13.4. The Morgan fingerprint density at radius 3 is 2.73 bits per heavy atom. The van der Waals surface area contributed by atoms with Crippen LogP contribution in [0.2, 0.25) is 0 Å². The van der Waals surface area contributed by atoms with Crippen molar-refractivity contribution in [1.29, 1.82) is 0 Å². The number of imidazole rings is 1. The first-order valence-corrected chi connectivity index (χ1v) is 10.6. The molecular formula is C18H27N5O2S. The van der Waals surface area contributed by atoms with E-state index in [-0.39, 0.29) is 10.7 Å². The summed E-state index contributed by atoms with van der Waals surface area (Å²) >= 11 is 1.44. The zero-order valence-electron chi connectivity index (χ0n) is 15.3. The van der Waals surface area contributed by atoms with Gasteiger partial charge in [0.05, 0.1) is 0 Å². The standard InChI is InChI=1S/C18H27N5O2S/c1-2-20(13-15-3-4-15)8-5-14-6-9-21(10-7-14)16-17(23(24)25)22-11-12-26-18(22)19-16/h11-12,14-15H,2-10,13H2,1H3. The third-order valence-electron chi connectivity index (χ3n) is 5.82. The summed E-state index contributed by atoms with van der Waals surface area (Å²) in [4.78, 5) is 21.2. The summed E-state index contributed by atoms with van der Waals surface area (Å²) < 4.78 is 1.60. The van der Waals surface area contributed by atoms with Crippen molar-refractivity contribution in [2.24, 2.45) is 11.8 Å². The molecule has 0 spiro atoms. The molecule has 2 aromatic heterocycles. The van der Waals surface area contributed by atoms with Gasteiger partial charge in [0.2, 0.25) is 5.82 Å². The van der Waals surface area contributed by atoms with Gasteiger partial charge in [-0.25, -0.2) is 0 Å². The summed E-state index contributed by atoms with van der Waals surface area (Å²) in [5.41, 5.74) is 0. The molecule has 0 radical (unpaired) electrons. The topological polar surface area (TPSA) is 66.9 Å². The van der Waals surface area contributed by atoms with Crippen molar-refractivity contribution in [3.63, 3.8) is 0 Å². The average molecular weight is 378 g/mol. The number of hydrogen-bond acceptors (Lipinski definition) is 6. The molecule has 4 rings (SSSR count). The highest BCUT2D eigenvalue weighted by Gasteiger charge is 2.31. The predicted molar refractivity (Wildman–Crippen MR) is 104 cm³/mol. The van der Waals surface area contributed by atoms with E-state index in [0.717, 1.165) is 44.3 Å². The lowest BCUT2D eigenvalue weighted by atomic mass is 9.93. The Bertz CT molecular complexity index is 761. The highest BCUT2D eigenvalue weighted by atomic mass is 32.1. The lowest BCUT2D eigenvalue weighted by molar-refractivity contribution is -0.389. The van der Waals surface area contributed by atoms with Crippen molar-refractivity contribution < 1.29 is 4.92 Å². The lowest BCUT2D eigenvalue weighted by Gasteiger charge is -2.32. The number of nitro groups is 1. The third-order valence-corrected chi connectivity index (χ3v) is 6.58. The van der Waals surface area contributed by atoms with Crippen LogP contribution < -0.4 is 4.90 Å². The molecule has 0 N–H and O–H groups in total. The van der Waals surface area contributed by atoms with E-state index in [1.54, 1.807) is 10.6 Å². The van der Waals surface area contributed by atoms with Gasteiger partial charge in [0, 0.05) is 25.0 Å². The van der Waals surface area contributed by atoms with Crippen LogP contribution in [-0.4, -0.2) is 51.9 Å². The van der Waals surface area contributed by atoms with Crippen LogP contribution in [0.15, 0.2) is 11.6 Å². The lowest BCUT2D eigenvalue weighted by Crippen LogP contribution is -2.36. The number of rotatable bonds is 8. The molecule has 0 amide bonds. The van der Waals surface area contributed by atoms with Crippen molar-refractivity contribution in [2.45, 2.75) is 39.0 Å². The van der Waals surface area contributed by atoms with Gasteiger partial charge in [0.25, 0.3) is 4.96 Å². The first-order valence-electron chi connectivity index (χ1n) is 9.73. The van der Waals surface area contributed by atoms with Gasteiger partial charge >= 0.3 is 5.82 Å². The predicted octanol–water partition coefficient (Wildman–Crippen LogP) is 3.64. The summed E-state index contributed by atoms with van der Waals surface area (Å²) in [6.07, 6.45) is 8.01. The van der Waals surface area contributed by atoms with Crippen molar-refractivity contribution in [1.82, 2.24) is 14.3 Å². The van der Waals surface area contributed by atoms with Crippen LogP contribution in [0.4, 0.5) is 11.6 Å². The van der Waals surface area contributed by atoms with E-state index in [2.05, 4.69) is 21.7 Å². The average Bonchev–Trinajstić information content (AvgIpc) is 3.21. The molecule has 0 atom stereocenters. The van der Waals surface area contributed by atoms with Gasteiger partial charge in [-0.2, -0.15) is 9.38 Å². The Morgan fingerprint density at radius 1 is 1.31 bits per heavy atom. The van der Waals surface area contributed by atoms with Crippen LogP contribution in [0.5, 0.6) is 0 Å². The molecule has 2 aliphatic rings. The van der Waals surface area contributed by atoms with Crippen LogP contribution in [0, 0.1) is 22.0 Å². The Labute approximate surface area is 157 Å². The molecule has 2 fully saturated rings. The van der Waals surface area contributed by atoms with E-state index in [9.17, 15) is 10.1 Å². The molecule has 8 heteroatoms. The molecule has 0 unspecified atom stereocenters. The zero-order chi connectivity index (χ0) is 18.1. The SMILES string of the molecule is CCN(CCC1CCN(c2nc3sccn3c2[N+](=O)[O-])CC1)CC1CC1. The largest absolute Gasteiger partial charge is 0.373 e. The number of piperidine rings is 1. The molecule has 1 aliphatic carbocycles. The number of anilines is 1. The molecule has 1 saturated carbocycles. The maximum absolute atomic E-state index is 11.5. The van der Waals surface area contributed by atoms with Gasteiger partial charge in [-0.05, 0) is 62.0 Å². The fraction of sp³-hybridized carbons (Fsp3) is 0.722. The van der Waals surface area contributed by atoms with Gasteiger partial charge in [-0.1, -0.05) is 18.3 Å². The zero-order valence-corrected chi connectivity index (χ0v) is 16.2. The van der Waals surface area contributed by atoms with E-state index in [1.807, 2.05) is 5.38 Å². The van der Waals surface area contributed by atoms with Crippen LogP contribution in [-0.2, 0) is 0 Å². The van der Waals surface area contributed by atoms with Crippen molar-refractivity contribution >= 4 is 27.9 Å². The summed E-state index contributed by atoms with van der Waals surface area (Å²) in [7, 11) is 0. The second-order valence-electron chi connectivity index (χ2n) is 7.63. The smallest absolute Gasteiger partial charge is 0.358 e. The van der Waals surface area contributed by atoms with E-state index >= 15 is 0 Å². The number of fused-ring (bicyclic) bond motifs is 1. The molecule has 0 aromatic carbocycles. The van der Waals surface area contributed by atoms with Gasteiger partial charge in [-0.3, -0.25) is 0 Å². The normalized spacial score (nSPS) is 18.9. The molecule has 26 heavy (non-hydrogen) atoms. The summed E-state index contributed by atoms with van der Waals surface area (Å²) in [5.74, 6) is 2.33. The summed E-state index contributed by atoms with van der Waals surface area (Å²) in [6.45, 7) is 7.60. The Hall–Kier alpha value is -1.67. The van der Waals surface area contributed by atoms with E-state index in [0.29, 0.717) is 10.8 Å². The van der Waals surface area contributed by atoms with Crippen molar-refractivity contribution in [2.75, 3.05) is 37.6 Å². The highest BCUT2D eigenvalue weighted by molar-refractivity contribution is 7.15.